The number of ether oxygens (including phenoxy) is 1. The highest BCUT2D eigenvalue weighted by Gasteiger charge is 2.40. The molecule has 2 rings (SSSR count). The Hall–Kier alpha value is -2.08. The molecule has 0 saturated carbocycles. The number of rotatable bonds is 5. The Morgan fingerprint density at radius 1 is 1.30 bits per heavy atom. The van der Waals surface area contributed by atoms with Crippen molar-refractivity contribution in [1.82, 2.24) is 4.90 Å². The molecule has 1 aromatic carbocycles. The molecule has 0 unspecified atom stereocenters. The summed E-state index contributed by atoms with van der Waals surface area (Å²) in [4.78, 5) is 23.8. The minimum atomic E-state index is -0.949. The van der Waals surface area contributed by atoms with Crippen molar-refractivity contribution in [3.8, 4) is 5.75 Å². The predicted molar refractivity (Wildman–Crippen MR) is 70.9 cm³/mol. The summed E-state index contributed by atoms with van der Waals surface area (Å²) in [6.07, 6.45) is 0. The summed E-state index contributed by atoms with van der Waals surface area (Å²) in [7, 11) is 1.54. The first-order chi connectivity index (χ1) is 9.52. The van der Waals surface area contributed by atoms with E-state index in [0.717, 1.165) is 5.56 Å². The number of hydrogen-bond acceptors (Lipinski definition) is 4. The van der Waals surface area contributed by atoms with E-state index >= 15 is 0 Å². The van der Waals surface area contributed by atoms with Crippen molar-refractivity contribution in [2.24, 2.45) is 5.92 Å². The molecule has 1 heterocycles. The maximum Gasteiger partial charge on any atom is 0.317 e. The average Bonchev–Trinajstić information content (AvgIpc) is 2.81. The maximum absolute atomic E-state index is 11.4. The summed E-state index contributed by atoms with van der Waals surface area (Å²) in [5, 5.41) is 18.2. The number of nitrogens with zero attached hydrogens (tertiary/aromatic N) is 1. The summed E-state index contributed by atoms with van der Waals surface area (Å²) in [6.45, 7) is 0.503. The highest BCUT2D eigenvalue weighted by Crippen LogP contribution is 2.37. The Morgan fingerprint density at radius 2 is 2.00 bits per heavy atom. The topological polar surface area (TPSA) is 87.1 Å². The van der Waals surface area contributed by atoms with Crippen molar-refractivity contribution in [3.05, 3.63) is 29.8 Å². The van der Waals surface area contributed by atoms with Gasteiger partial charge in [-0.25, -0.2) is 0 Å². The van der Waals surface area contributed by atoms with E-state index in [1.54, 1.807) is 18.1 Å². The largest absolute Gasteiger partial charge is 0.496 e. The van der Waals surface area contributed by atoms with E-state index in [1.165, 1.54) is 0 Å². The molecule has 0 spiro atoms. The first-order valence-corrected chi connectivity index (χ1v) is 6.32. The van der Waals surface area contributed by atoms with E-state index in [4.69, 9.17) is 9.84 Å². The van der Waals surface area contributed by atoms with Crippen LogP contribution in [0.25, 0.3) is 0 Å². The van der Waals surface area contributed by atoms with E-state index in [0.29, 0.717) is 12.3 Å². The standard InChI is InChI=1S/C14H17NO5/c1-20-12-5-3-2-4-9(12)10-6-15(8-13(16)17)7-11(10)14(18)19/h2-5,10-11H,6-8H2,1H3,(H,16,17)(H,18,19)/t10-,11+/m0/s1. The van der Waals surface area contributed by atoms with Crippen molar-refractivity contribution in [1.29, 1.82) is 0 Å². The summed E-state index contributed by atoms with van der Waals surface area (Å²) < 4.78 is 5.27. The zero-order valence-corrected chi connectivity index (χ0v) is 11.2. The molecule has 0 amide bonds. The molecule has 2 N–H and O–H groups in total. The molecule has 1 aliphatic heterocycles. The summed E-state index contributed by atoms with van der Waals surface area (Å²) in [5.41, 5.74) is 0.815. The van der Waals surface area contributed by atoms with Crippen LogP contribution in [-0.2, 0) is 9.59 Å². The summed E-state index contributed by atoms with van der Waals surface area (Å²) >= 11 is 0. The molecule has 0 aromatic heterocycles. The second-order valence-corrected chi connectivity index (χ2v) is 4.88. The molecule has 0 radical (unpaired) electrons. The van der Waals surface area contributed by atoms with Gasteiger partial charge in [-0.1, -0.05) is 18.2 Å². The van der Waals surface area contributed by atoms with Gasteiger partial charge < -0.3 is 14.9 Å². The van der Waals surface area contributed by atoms with Crippen molar-refractivity contribution in [2.45, 2.75) is 5.92 Å². The van der Waals surface area contributed by atoms with Gasteiger partial charge in [-0.2, -0.15) is 0 Å². The van der Waals surface area contributed by atoms with Crippen LogP contribution in [0.3, 0.4) is 0 Å². The van der Waals surface area contributed by atoms with Crippen LogP contribution < -0.4 is 4.74 Å². The number of carboxylic acids is 2. The van der Waals surface area contributed by atoms with E-state index in [9.17, 15) is 14.7 Å². The number of carboxylic acid groups (broad SMARTS) is 2. The van der Waals surface area contributed by atoms with Gasteiger partial charge in [0.15, 0.2) is 0 Å². The lowest BCUT2D eigenvalue weighted by Gasteiger charge is -2.18. The van der Waals surface area contributed by atoms with Gasteiger partial charge in [0.25, 0.3) is 0 Å². The molecule has 1 aromatic rings. The lowest BCUT2D eigenvalue weighted by Crippen LogP contribution is -2.28. The highest BCUT2D eigenvalue weighted by atomic mass is 16.5. The van der Waals surface area contributed by atoms with Crippen LogP contribution in [0, 0.1) is 5.92 Å². The lowest BCUT2D eigenvalue weighted by atomic mass is 9.88. The van der Waals surface area contributed by atoms with Gasteiger partial charge in [0.2, 0.25) is 0 Å². The fourth-order valence-corrected chi connectivity index (χ4v) is 2.74. The minimum Gasteiger partial charge on any atom is -0.496 e. The van der Waals surface area contributed by atoms with E-state index in [-0.39, 0.29) is 19.0 Å². The summed E-state index contributed by atoms with van der Waals surface area (Å²) in [6, 6.07) is 7.27. The van der Waals surface area contributed by atoms with Gasteiger partial charge in [-0.05, 0) is 11.6 Å². The SMILES string of the molecule is COc1ccccc1[C@@H]1CN(CC(=O)O)C[C@H]1C(=O)O. The molecule has 6 heteroatoms. The third kappa shape index (κ3) is 2.91. The highest BCUT2D eigenvalue weighted by molar-refractivity contribution is 5.73. The quantitative estimate of drug-likeness (QED) is 0.832. The third-order valence-electron chi connectivity index (χ3n) is 3.61. The number of methoxy groups -OCH3 is 1. The molecular weight excluding hydrogens is 262 g/mol. The van der Waals surface area contributed by atoms with Gasteiger partial charge in [-0.3, -0.25) is 14.5 Å². The van der Waals surface area contributed by atoms with Crippen molar-refractivity contribution in [3.63, 3.8) is 0 Å². The molecule has 108 valence electrons. The van der Waals surface area contributed by atoms with Crippen molar-refractivity contribution >= 4 is 11.9 Å². The molecular formula is C14H17NO5. The number of hydrogen-bond donors (Lipinski definition) is 2. The average molecular weight is 279 g/mol. The number of aliphatic carboxylic acids is 2. The summed E-state index contributed by atoms with van der Waals surface area (Å²) in [5.74, 6) is -2.10. The lowest BCUT2D eigenvalue weighted by molar-refractivity contribution is -0.142. The van der Waals surface area contributed by atoms with Crippen molar-refractivity contribution in [2.75, 3.05) is 26.7 Å². The van der Waals surface area contributed by atoms with Crippen LogP contribution in [0.1, 0.15) is 11.5 Å². The number of para-hydroxylation sites is 1. The fourth-order valence-electron chi connectivity index (χ4n) is 2.74. The van der Waals surface area contributed by atoms with Gasteiger partial charge in [-0.15, -0.1) is 0 Å². The number of benzene rings is 1. The van der Waals surface area contributed by atoms with E-state index in [2.05, 4.69) is 0 Å². The van der Waals surface area contributed by atoms with Crippen LogP contribution in [0.4, 0.5) is 0 Å². The molecule has 20 heavy (non-hydrogen) atoms. The first-order valence-electron chi connectivity index (χ1n) is 6.32. The van der Waals surface area contributed by atoms with E-state index < -0.39 is 17.9 Å². The van der Waals surface area contributed by atoms with Crippen LogP contribution in [0.5, 0.6) is 5.75 Å². The normalized spacial score (nSPS) is 22.6. The smallest absolute Gasteiger partial charge is 0.317 e. The molecule has 6 nitrogen and oxygen atoms in total. The Kier molecular flexibility index (Phi) is 4.24. The molecule has 1 aliphatic rings. The molecule has 0 aliphatic carbocycles. The fraction of sp³-hybridized carbons (Fsp3) is 0.429. The minimum absolute atomic E-state index is 0.143. The number of likely N-dealkylation sites (tertiary alicyclic amines) is 1. The van der Waals surface area contributed by atoms with Crippen LogP contribution >= 0.6 is 0 Å². The van der Waals surface area contributed by atoms with Gasteiger partial charge in [0, 0.05) is 19.0 Å². The number of carbonyl (C=O) groups is 2. The second kappa shape index (κ2) is 5.92. The van der Waals surface area contributed by atoms with Crippen molar-refractivity contribution < 1.29 is 24.5 Å². The maximum atomic E-state index is 11.4. The van der Waals surface area contributed by atoms with E-state index in [1.807, 2.05) is 18.2 Å². The zero-order valence-electron chi connectivity index (χ0n) is 11.2. The molecule has 1 saturated heterocycles. The Bertz CT molecular complexity index is 516. The second-order valence-electron chi connectivity index (χ2n) is 4.88. The zero-order chi connectivity index (χ0) is 14.7. The van der Waals surface area contributed by atoms with Crippen LogP contribution in [0.15, 0.2) is 24.3 Å². The molecule has 0 bridgehead atoms. The molecule has 2 atom stereocenters. The van der Waals surface area contributed by atoms with Crippen LogP contribution in [0.2, 0.25) is 0 Å². The first kappa shape index (κ1) is 14.3. The molecule has 1 fully saturated rings. The monoisotopic (exact) mass is 279 g/mol. The van der Waals surface area contributed by atoms with Crippen LogP contribution in [-0.4, -0.2) is 53.8 Å². The Balaban J connectivity index is 2.28. The van der Waals surface area contributed by atoms with Gasteiger partial charge in [0.1, 0.15) is 5.75 Å². The predicted octanol–water partition coefficient (Wildman–Crippen LogP) is 0.880. The van der Waals surface area contributed by atoms with Gasteiger partial charge >= 0.3 is 11.9 Å². The Labute approximate surface area is 116 Å². The Morgan fingerprint density at radius 3 is 2.60 bits per heavy atom. The van der Waals surface area contributed by atoms with Gasteiger partial charge in [0.05, 0.1) is 19.6 Å². The third-order valence-corrected chi connectivity index (χ3v) is 3.61.